The monoisotopic (exact) mass is 298 g/mol. The second-order valence-corrected chi connectivity index (χ2v) is 4.44. The summed E-state index contributed by atoms with van der Waals surface area (Å²) < 4.78 is 15.8. The van der Waals surface area contributed by atoms with Crippen LogP contribution in [-0.4, -0.2) is 19.2 Å². The lowest BCUT2D eigenvalue weighted by atomic mass is 10.2. The number of hydrogen-bond donors (Lipinski definition) is 0. The molecule has 0 aliphatic rings. The molecule has 0 atom stereocenters. The van der Waals surface area contributed by atoms with Crippen LogP contribution in [0.3, 0.4) is 0 Å². The van der Waals surface area contributed by atoms with Gasteiger partial charge in [-0.05, 0) is 17.7 Å². The second-order valence-electron chi connectivity index (χ2n) is 4.44. The molecule has 4 heteroatoms. The van der Waals surface area contributed by atoms with Gasteiger partial charge in [0.1, 0.15) is 31.1 Å². The Bertz CT molecular complexity index is 607. The Morgan fingerprint density at radius 2 is 1.73 bits per heavy atom. The molecule has 0 aliphatic carbocycles. The summed E-state index contributed by atoms with van der Waals surface area (Å²) in [6.07, 6.45) is 1.35. The Hall–Kier alpha value is -2.75. The van der Waals surface area contributed by atoms with E-state index in [1.807, 2.05) is 30.3 Å². The zero-order valence-corrected chi connectivity index (χ0v) is 12.2. The molecule has 0 heterocycles. The number of rotatable bonds is 8. The zero-order chi connectivity index (χ0) is 15.6. The van der Waals surface area contributed by atoms with Crippen molar-refractivity contribution in [2.24, 2.45) is 0 Å². The summed E-state index contributed by atoms with van der Waals surface area (Å²) in [7, 11) is 0. The van der Waals surface area contributed by atoms with Crippen LogP contribution < -0.4 is 4.74 Å². The summed E-state index contributed by atoms with van der Waals surface area (Å²) in [6.45, 7) is 4.38. The van der Waals surface area contributed by atoms with Crippen molar-refractivity contribution in [3.8, 4) is 5.75 Å². The number of benzene rings is 2. The predicted octanol–water partition coefficient (Wildman–Crippen LogP) is 3.58. The van der Waals surface area contributed by atoms with E-state index in [2.05, 4.69) is 6.58 Å². The van der Waals surface area contributed by atoms with Gasteiger partial charge in [-0.3, -0.25) is 0 Å². The van der Waals surface area contributed by atoms with Crippen LogP contribution in [0.1, 0.15) is 15.9 Å². The van der Waals surface area contributed by atoms with Gasteiger partial charge in [0.15, 0.2) is 0 Å². The topological polar surface area (TPSA) is 44.8 Å². The molecule has 0 unspecified atom stereocenters. The average Bonchev–Trinajstić information content (AvgIpc) is 2.58. The molecule has 0 saturated heterocycles. The van der Waals surface area contributed by atoms with Crippen molar-refractivity contribution in [2.45, 2.75) is 6.61 Å². The molecule has 0 saturated carbocycles. The first-order chi connectivity index (χ1) is 10.8. The third-order valence-corrected chi connectivity index (χ3v) is 2.90. The third-order valence-electron chi connectivity index (χ3n) is 2.90. The Labute approximate surface area is 129 Å². The van der Waals surface area contributed by atoms with E-state index in [4.69, 9.17) is 14.2 Å². The predicted molar refractivity (Wildman–Crippen MR) is 83.6 cm³/mol. The maximum absolute atomic E-state index is 12.2. The summed E-state index contributed by atoms with van der Waals surface area (Å²) in [5.74, 6) is 0.0670. The summed E-state index contributed by atoms with van der Waals surface area (Å²) >= 11 is 0. The van der Waals surface area contributed by atoms with E-state index in [9.17, 15) is 4.79 Å². The van der Waals surface area contributed by atoms with Gasteiger partial charge in [0.2, 0.25) is 0 Å². The Kier molecular flexibility index (Phi) is 6.05. The first kappa shape index (κ1) is 15.6. The minimum Gasteiger partial charge on any atom is -0.498 e. The van der Waals surface area contributed by atoms with Gasteiger partial charge in [-0.1, -0.05) is 49.0 Å². The molecule has 0 amide bonds. The summed E-state index contributed by atoms with van der Waals surface area (Å²) in [4.78, 5) is 12.2. The molecule has 114 valence electrons. The molecule has 0 aromatic heterocycles. The molecule has 0 aliphatic heterocycles. The van der Waals surface area contributed by atoms with Crippen LogP contribution in [0.5, 0.6) is 5.75 Å². The first-order valence-electron chi connectivity index (χ1n) is 6.96. The van der Waals surface area contributed by atoms with Crippen molar-refractivity contribution in [2.75, 3.05) is 13.2 Å². The number of carbonyl (C=O) groups excluding carboxylic acids is 1. The smallest absolute Gasteiger partial charge is 0.342 e. The maximum Gasteiger partial charge on any atom is 0.342 e. The molecular weight excluding hydrogens is 280 g/mol. The summed E-state index contributed by atoms with van der Waals surface area (Å²) in [6, 6.07) is 16.5. The lowest BCUT2D eigenvalue weighted by molar-refractivity contribution is 0.0467. The van der Waals surface area contributed by atoms with Crippen LogP contribution in [0.15, 0.2) is 67.4 Å². The molecule has 0 spiro atoms. The fourth-order valence-electron chi connectivity index (χ4n) is 1.85. The molecule has 22 heavy (non-hydrogen) atoms. The maximum atomic E-state index is 12.2. The average molecular weight is 298 g/mol. The minimum atomic E-state index is -0.413. The standard InChI is InChI=1S/C18H18O4/c1-2-20-12-13-21-17-11-7-6-10-16(17)18(19)22-14-15-8-4-3-5-9-15/h2-11H,1,12-14H2. The van der Waals surface area contributed by atoms with Crippen molar-refractivity contribution >= 4 is 5.97 Å². The summed E-state index contributed by atoms with van der Waals surface area (Å²) in [5.41, 5.74) is 1.34. The molecule has 0 bridgehead atoms. The lowest BCUT2D eigenvalue weighted by Crippen LogP contribution is -2.10. The Morgan fingerprint density at radius 1 is 1.00 bits per heavy atom. The van der Waals surface area contributed by atoms with Crippen LogP contribution in [-0.2, 0) is 16.1 Å². The molecule has 2 aromatic carbocycles. The van der Waals surface area contributed by atoms with Crippen molar-refractivity contribution in [1.82, 2.24) is 0 Å². The van der Waals surface area contributed by atoms with E-state index < -0.39 is 5.97 Å². The van der Waals surface area contributed by atoms with Crippen molar-refractivity contribution < 1.29 is 19.0 Å². The first-order valence-corrected chi connectivity index (χ1v) is 6.96. The van der Waals surface area contributed by atoms with E-state index in [0.29, 0.717) is 24.5 Å². The van der Waals surface area contributed by atoms with Crippen LogP contribution in [0.2, 0.25) is 0 Å². The number of ether oxygens (including phenoxy) is 3. The number of para-hydroxylation sites is 1. The zero-order valence-electron chi connectivity index (χ0n) is 12.2. The fraction of sp³-hybridized carbons (Fsp3) is 0.167. The molecule has 0 radical (unpaired) electrons. The highest BCUT2D eigenvalue weighted by Gasteiger charge is 2.13. The highest BCUT2D eigenvalue weighted by atomic mass is 16.5. The molecular formula is C18H18O4. The number of hydrogen-bond acceptors (Lipinski definition) is 4. The SMILES string of the molecule is C=COCCOc1ccccc1C(=O)OCc1ccccc1. The summed E-state index contributed by atoms with van der Waals surface area (Å²) in [5, 5.41) is 0. The van der Waals surface area contributed by atoms with Crippen molar-refractivity contribution in [3.05, 3.63) is 78.6 Å². The van der Waals surface area contributed by atoms with E-state index in [-0.39, 0.29) is 6.61 Å². The van der Waals surface area contributed by atoms with Gasteiger partial charge in [-0.2, -0.15) is 0 Å². The third kappa shape index (κ3) is 4.66. The van der Waals surface area contributed by atoms with Gasteiger partial charge in [-0.25, -0.2) is 4.79 Å². The van der Waals surface area contributed by atoms with Gasteiger partial charge in [0, 0.05) is 0 Å². The van der Waals surface area contributed by atoms with E-state index in [0.717, 1.165) is 5.56 Å². The van der Waals surface area contributed by atoms with Gasteiger partial charge in [0.25, 0.3) is 0 Å². The molecule has 0 fully saturated rings. The number of carbonyl (C=O) groups is 1. The second kappa shape index (κ2) is 8.52. The van der Waals surface area contributed by atoms with Crippen LogP contribution in [0, 0.1) is 0 Å². The van der Waals surface area contributed by atoms with Crippen LogP contribution in [0.4, 0.5) is 0 Å². The molecule has 0 N–H and O–H groups in total. The highest BCUT2D eigenvalue weighted by molar-refractivity contribution is 5.92. The fourth-order valence-corrected chi connectivity index (χ4v) is 1.85. The minimum absolute atomic E-state index is 0.230. The number of esters is 1. The van der Waals surface area contributed by atoms with Crippen LogP contribution in [0.25, 0.3) is 0 Å². The quantitative estimate of drug-likeness (QED) is 0.424. The van der Waals surface area contributed by atoms with E-state index in [1.165, 1.54) is 6.26 Å². The molecule has 2 rings (SSSR count). The van der Waals surface area contributed by atoms with Gasteiger partial charge in [-0.15, -0.1) is 0 Å². The van der Waals surface area contributed by atoms with Gasteiger partial charge >= 0.3 is 5.97 Å². The Balaban J connectivity index is 1.95. The largest absolute Gasteiger partial charge is 0.498 e. The van der Waals surface area contributed by atoms with Crippen molar-refractivity contribution in [1.29, 1.82) is 0 Å². The molecule has 2 aromatic rings. The van der Waals surface area contributed by atoms with E-state index >= 15 is 0 Å². The normalized spacial score (nSPS) is 9.82. The van der Waals surface area contributed by atoms with Crippen molar-refractivity contribution in [3.63, 3.8) is 0 Å². The molecule has 4 nitrogen and oxygen atoms in total. The van der Waals surface area contributed by atoms with Gasteiger partial charge in [0.05, 0.1) is 6.26 Å². The lowest BCUT2D eigenvalue weighted by Gasteiger charge is -2.11. The van der Waals surface area contributed by atoms with Gasteiger partial charge < -0.3 is 14.2 Å². The highest BCUT2D eigenvalue weighted by Crippen LogP contribution is 2.19. The van der Waals surface area contributed by atoms with E-state index in [1.54, 1.807) is 24.3 Å². The van der Waals surface area contributed by atoms with Crippen LogP contribution >= 0.6 is 0 Å². The Morgan fingerprint density at radius 3 is 2.50 bits per heavy atom.